The molecule has 2 aliphatic carbocycles. The molecule has 3 aliphatic rings. The topological polar surface area (TPSA) is 81.7 Å². The van der Waals surface area contributed by atoms with Gasteiger partial charge in [-0.25, -0.2) is 0 Å². The van der Waals surface area contributed by atoms with Gasteiger partial charge in [-0.3, -0.25) is 14.4 Å². The molecular formula is C18H19NO5. The largest absolute Gasteiger partial charge is 0.462 e. The number of anilines is 1. The van der Waals surface area contributed by atoms with E-state index in [1.807, 2.05) is 25.1 Å². The first-order chi connectivity index (χ1) is 11.5. The van der Waals surface area contributed by atoms with Crippen molar-refractivity contribution in [1.29, 1.82) is 0 Å². The zero-order valence-corrected chi connectivity index (χ0v) is 13.4. The summed E-state index contributed by atoms with van der Waals surface area (Å²) in [6.45, 7) is 1.59. The third-order valence-electron chi connectivity index (χ3n) is 5.40. The lowest BCUT2D eigenvalue weighted by Gasteiger charge is -2.22. The van der Waals surface area contributed by atoms with Crippen molar-refractivity contribution in [3.8, 4) is 0 Å². The molecule has 3 fully saturated rings. The molecule has 1 aromatic rings. The molecule has 2 bridgehead atoms. The molecule has 1 N–H and O–H groups in total. The van der Waals surface area contributed by atoms with Crippen molar-refractivity contribution in [3.05, 3.63) is 29.8 Å². The maximum Gasteiger partial charge on any atom is 0.310 e. The Morgan fingerprint density at radius 3 is 2.96 bits per heavy atom. The Labute approximate surface area is 139 Å². The van der Waals surface area contributed by atoms with E-state index >= 15 is 0 Å². The Balaban J connectivity index is 1.34. The summed E-state index contributed by atoms with van der Waals surface area (Å²) in [5.41, 5.74) is 1.69. The molecule has 24 heavy (non-hydrogen) atoms. The van der Waals surface area contributed by atoms with Gasteiger partial charge in [-0.05, 0) is 43.4 Å². The number of hydrogen-bond donors (Lipinski definition) is 1. The Bertz CT molecular complexity index is 713. The van der Waals surface area contributed by atoms with Gasteiger partial charge in [0.15, 0.2) is 6.61 Å². The molecule has 0 radical (unpaired) electrons. The highest BCUT2D eigenvalue weighted by Gasteiger charge is 2.64. The number of carbonyl (C=O) groups excluding carboxylic acids is 3. The summed E-state index contributed by atoms with van der Waals surface area (Å²) in [4.78, 5) is 36.2. The third kappa shape index (κ3) is 2.46. The van der Waals surface area contributed by atoms with E-state index in [0.29, 0.717) is 5.69 Å². The second-order valence-electron chi connectivity index (χ2n) is 6.95. The van der Waals surface area contributed by atoms with Crippen LogP contribution in [0, 0.1) is 30.6 Å². The van der Waals surface area contributed by atoms with Gasteiger partial charge in [0.05, 0.1) is 11.8 Å². The quantitative estimate of drug-likeness (QED) is 0.850. The van der Waals surface area contributed by atoms with Gasteiger partial charge in [0.1, 0.15) is 6.10 Å². The van der Waals surface area contributed by atoms with E-state index in [1.165, 1.54) is 0 Å². The van der Waals surface area contributed by atoms with Crippen LogP contribution in [0.2, 0.25) is 0 Å². The molecule has 5 unspecified atom stereocenters. The summed E-state index contributed by atoms with van der Waals surface area (Å²) >= 11 is 0. The van der Waals surface area contributed by atoms with E-state index in [9.17, 15) is 14.4 Å². The number of benzene rings is 1. The first-order valence-corrected chi connectivity index (χ1v) is 8.26. The molecule has 4 rings (SSSR count). The molecule has 2 saturated carbocycles. The van der Waals surface area contributed by atoms with Crippen molar-refractivity contribution in [1.82, 2.24) is 0 Å². The lowest BCUT2D eigenvalue weighted by molar-refractivity contribution is -0.157. The van der Waals surface area contributed by atoms with Gasteiger partial charge in [-0.1, -0.05) is 12.1 Å². The van der Waals surface area contributed by atoms with E-state index in [4.69, 9.17) is 9.47 Å². The van der Waals surface area contributed by atoms with Crippen LogP contribution in [0.5, 0.6) is 0 Å². The normalized spacial score (nSPS) is 32.5. The summed E-state index contributed by atoms with van der Waals surface area (Å²) in [5, 5.41) is 2.70. The van der Waals surface area contributed by atoms with Crippen LogP contribution in [-0.2, 0) is 23.9 Å². The third-order valence-corrected chi connectivity index (χ3v) is 5.40. The van der Waals surface area contributed by atoms with Crippen LogP contribution < -0.4 is 5.32 Å². The average Bonchev–Trinajstić information content (AvgIpc) is 3.14. The highest BCUT2D eigenvalue weighted by molar-refractivity contribution is 5.93. The van der Waals surface area contributed by atoms with Crippen molar-refractivity contribution in [2.75, 3.05) is 11.9 Å². The summed E-state index contributed by atoms with van der Waals surface area (Å²) in [5.74, 6) is -1.65. The maximum absolute atomic E-state index is 12.4. The molecule has 6 heteroatoms. The van der Waals surface area contributed by atoms with Crippen LogP contribution >= 0.6 is 0 Å². The van der Waals surface area contributed by atoms with Crippen molar-refractivity contribution in [2.45, 2.75) is 25.9 Å². The minimum Gasteiger partial charge on any atom is -0.462 e. The predicted octanol–water partition coefficient (Wildman–Crippen LogP) is 1.67. The van der Waals surface area contributed by atoms with Crippen LogP contribution in [0.3, 0.4) is 0 Å². The first-order valence-electron chi connectivity index (χ1n) is 8.26. The Morgan fingerprint density at radius 2 is 2.17 bits per heavy atom. The van der Waals surface area contributed by atoms with Crippen LogP contribution in [-0.4, -0.2) is 30.6 Å². The number of carbonyl (C=O) groups is 3. The minimum atomic E-state index is -0.454. The number of rotatable bonds is 4. The van der Waals surface area contributed by atoms with E-state index < -0.39 is 11.9 Å². The van der Waals surface area contributed by atoms with Crippen LogP contribution in [0.25, 0.3) is 0 Å². The molecule has 1 aromatic carbocycles. The molecule has 6 nitrogen and oxygen atoms in total. The molecule has 1 saturated heterocycles. The Morgan fingerprint density at radius 1 is 1.33 bits per heavy atom. The van der Waals surface area contributed by atoms with Gasteiger partial charge in [-0.2, -0.15) is 0 Å². The van der Waals surface area contributed by atoms with Crippen LogP contribution in [0.4, 0.5) is 5.69 Å². The van der Waals surface area contributed by atoms with Crippen molar-refractivity contribution in [2.24, 2.45) is 23.7 Å². The molecule has 1 aliphatic heterocycles. The summed E-state index contributed by atoms with van der Waals surface area (Å²) in [6.07, 6.45) is 1.57. The van der Waals surface area contributed by atoms with Gasteiger partial charge in [0.25, 0.3) is 5.91 Å². The van der Waals surface area contributed by atoms with E-state index in [1.54, 1.807) is 6.07 Å². The van der Waals surface area contributed by atoms with Gasteiger partial charge >= 0.3 is 11.9 Å². The molecule has 0 aromatic heterocycles. The Kier molecular flexibility index (Phi) is 3.55. The van der Waals surface area contributed by atoms with E-state index in [2.05, 4.69) is 5.32 Å². The Hall–Kier alpha value is -2.37. The monoisotopic (exact) mass is 329 g/mol. The lowest BCUT2D eigenvalue weighted by Crippen LogP contribution is -2.34. The molecule has 1 heterocycles. The number of esters is 2. The molecule has 1 amide bonds. The van der Waals surface area contributed by atoms with Crippen molar-refractivity contribution >= 4 is 23.5 Å². The molecule has 5 atom stereocenters. The van der Waals surface area contributed by atoms with Crippen LogP contribution in [0.15, 0.2) is 24.3 Å². The van der Waals surface area contributed by atoms with Gasteiger partial charge in [-0.15, -0.1) is 0 Å². The predicted molar refractivity (Wildman–Crippen MR) is 83.8 cm³/mol. The number of ether oxygens (including phenoxy) is 2. The highest BCUT2D eigenvalue weighted by atomic mass is 16.6. The zero-order valence-electron chi connectivity index (χ0n) is 13.4. The van der Waals surface area contributed by atoms with Gasteiger partial charge in [0, 0.05) is 11.6 Å². The fourth-order valence-electron chi connectivity index (χ4n) is 4.48. The van der Waals surface area contributed by atoms with E-state index in [0.717, 1.165) is 18.4 Å². The van der Waals surface area contributed by atoms with Crippen LogP contribution in [0.1, 0.15) is 18.4 Å². The van der Waals surface area contributed by atoms with E-state index in [-0.39, 0.29) is 42.3 Å². The number of nitrogens with one attached hydrogen (secondary N) is 1. The van der Waals surface area contributed by atoms with Crippen molar-refractivity contribution in [3.63, 3.8) is 0 Å². The SMILES string of the molecule is Cc1cccc(NC(=O)COC(=O)C2C3CC4OC(=O)C2C4C3)c1. The number of amides is 1. The lowest BCUT2D eigenvalue weighted by atomic mass is 9.80. The fraction of sp³-hybridized carbons (Fsp3) is 0.500. The average molecular weight is 329 g/mol. The zero-order chi connectivity index (χ0) is 16.8. The molecular weight excluding hydrogens is 310 g/mol. The second-order valence-corrected chi connectivity index (χ2v) is 6.95. The highest BCUT2D eigenvalue weighted by Crippen LogP contribution is 2.57. The van der Waals surface area contributed by atoms with Gasteiger partial charge in [0.2, 0.25) is 0 Å². The smallest absolute Gasteiger partial charge is 0.310 e. The number of aryl methyl sites for hydroxylation is 1. The summed E-state index contributed by atoms with van der Waals surface area (Å²) in [6, 6.07) is 7.38. The van der Waals surface area contributed by atoms with Gasteiger partial charge < -0.3 is 14.8 Å². The summed E-state index contributed by atoms with van der Waals surface area (Å²) < 4.78 is 10.5. The maximum atomic E-state index is 12.4. The second kappa shape index (κ2) is 5.61. The standard InChI is InChI=1S/C18H19NO5/c1-9-3-2-4-11(5-9)19-14(20)8-23-17(21)15-10-6-12-13(7-10)24-18(22)16(12)15/h2-5,10,12-13,15-16H,6-8H2,1H3,(H,19,20). The number of hydrogen-bond acceptors (Lipinski definition) is 5. The minimum absolute atomic E-state index is 0.0128. The fourth-order valence-corrected chi connectivity index (χ4v) is 4.48. The number of fused-ring (bicyclic) bond motifs is 1. The molecule has 0 spiro atoms. The summed E-state index contributed by atoms with van der Waals surface area (Å²) in [7, 11) is 0. The molecule has 126 valence electrons. The van der Waals surface area contributed by atoms with Crippen molar-refractivity contribution < 1.29 is 23.9 Å². The first kappa shape index (κ1) is 15.2.